The van der Waals surface area contributed by atoms with Crippen LogP contribution in [0.2, 0.25) is 0 Å². The van der Waals surface area contributed by atoms with Crippen molar-refractivity contribution in [2.24, 2.45) is 11.3 Å². The van der Waals surface area contributed by atoms with E-state index in [4.69, 9.17) is 4.98 Å². The Morgan fingerprint density at radius 1 is 1.26 bits per heavy atom. The Bertz CT molecular complexity index is 1030. The molecule has 0 unspecified atom stereocenters. The number of rotatable bonds is 3. The van der Waals surface area contributed by atoms with Crippen LogP contribution in [0.3, 0.4) is 0 Å². The van der Waals surface area contributed by atoms with Gasteiger partial charge in [0.1, 0.15) is 4.83 Å². The van der Waals surface area contributed by atoms with E-state index in [2.05, 4.69) is 27.7 Å². The molecule has 1 aromatic carbocycles. The minimum absolute atomic E-state index is 0.0915. The average Bonchev–Trinajstić information content (AvgIpc) is 3.00. The molecule has 1 aliphatic carbocycles. The molecule has 1 atom stereocenters. The van der Waals surface area contributed by atoms with Gasteiger partial charge in [-0.15, -0.1) is 11.3 Å². The Hall–Kier alpha value is -1.59. The monoisotopic (exact) mass is 398 g/mol. The van der Waals surface area contributed by atoms with Gasteiger partial charge in [0, 0.05) is 4.88 Å². The molecular formula is C22H26N2OS2. The van der Waals surface area contributed by atoms with Crippen molar-refractivity contribution in [3.63, 3.8) is 0 Å². The third-order valence-electron chi connectivity index (χ3n) is 5.56. The summed E-state index contributed by atoms with van der Waals surface area (Å²) in [4.78, 5) is 20.8. The van der Waals surface area contributed by atoms with Gasteiger partial charge < -0.3 is 0 Å². The van der Waals surface area contributed by atoms with Crippen LogP contribution in [0, 0.1) is 11.3 Å². The molecule has 3 aromatic rings. The van der Waals surface area contributed by atoms with Gasteiger partial charge >= 0.3 is 0 Å². The topological polar surface area (TPSA) is 34.9 Å². The summed E-state index contributed by atoms with van der Waals surface area (Å²) in [5.74, 6) is 1.56. The number of aryl methyl sites for hydroxylation is 1. The second kappa shape index (κ2) is 7.10. The summed E-state index contributed by atoms with van der Waals surface area (Å²) in [5, 5.41) is 1.65. The SMILES string of the molecule is CCSc1nc2sc3c(c2c(=O)n1-c1ccccc1)CC[C@@H](C(C)(C)C)C3. The second-order valence-corrected chi connectivity index (χ2v) is 10.6. The number of hydrogen-bond acceptors (Lipinski definition) is 4. The molecule has 1 aliphatic rings. The maximum Gasteiger partial charge on any atom is 0.267 e. The molecule has 142 valence electrons. The molecule has 0 saturated carbocycles. The van der Waals surface area contributed by atoms with Crippen LogP contribution in [0.25, 0.3) is 15.9 Å². The molecule has 0 spiro atoms. The van der Waals surface area contributed by atoms with Gasteiger partial charge in [0.15, 0.2) is 5.16 Å². The number of thioether (sulfide) groups is 1. The van der Waals surface area contributed by atoms with Crippen molar-refractivity contribution in [3.05, 3.63) is 51.1 Å². The second-order valence-electron chi connectivity index (χ2n) is 8.29. The van der Waals surface area contributed by atoms with E-state index < -0.39 is 0 Å². The highest BCUT2D eigenvalue weighted by molar-refractivity contribution is 7.99. The zero-order valence-electron chi connectivity index (χ0n) is 16.4. The molecule has 4 rings (SSSR count). The minimum Gasteiger partial charge on any atom is -0.268 e. The van der Waals surface area contributed by atoms with Crippen molar-refractivity contribution < 1.29 is 0 Å². The zero-order valence-corrected chi connectivity index (χ0v) is 18.0. The summed E-state index contributed by atoms with van der Waals surface area (Å²) in [7, 11) is 0. The van der Waals surface area contributed by atoms with Crippen LogP contribution in [0.15, 0.2) is 40.3 Å². The smallest absolute Gasteiger partial charge is 0.267 e. The highest BCUT2D eigenvalue weighted by atomic mass is 32.2. The van der Waals surface area contributed by atoms with E-state index in [1.807, 2.05) is 30.3 Å². The summed E-state index contributed by atoms with van der Waals surface area (Å²) in [6.07, 6.45) is 3.21. The van der Waals surface area contributed by atoms with Crippen LogP contribution in [0.1, 0.15) is 44.6 Å². The van der Waals surface area contributed by atoms with E-state index in [-0.39, 0.29) is 5.56 Å². The van der Waals surface area contributed by atoms with Gasteiger partial charge in [-0.3, -0.25) is 9.36 Å². The average molecular weight is 399 g/mol. The molecular weight excluding hydrogens is 372 g/mol. The molecule has 2 heterocycles. The first-order chi connectivity index (χ1) is 12.9. The fraction of sp³-hybridized carbons (Fsp3) is 0.455. The Morgan fingerprint density at radius 3 is 2.67 bits per heavy atom. The minimum atomic E-state index is 0.0915. The van der Waals surface area contributed by atoms with E-state index in [0.29, 0.717) is 11.3 Å². The molecule has 0 N–H and O–H groups in total. The fourth-order valence-electron chi connectivity index (χ4n) is 3.98. The van der Waals surface area contributed by atoms with E-state index in [1.165, 1.54) is 10.4 Å². The Balaban J connectivity index is 1.92. The van der Waals surface area contributed by atoms with E-state index in [0.717, 1.165) is 46.1 Å². The summed E-state index contributed by atoms with van der Waals surface area (Å²) in [6, 6.07) is 9.91. The molecule has 0 amide bonds. The van der Waals surface area contributed by atoms with Crippen LogP contribution in [0.4, 0.5) is 0 Å². The Labute approximate surface area is 168 Å². The Morgan fingerprint density at radius 2 is 2.00 bits per heavy atom. The summed E-state index contributed by atoms with van der Waals surface area (Å²) in [5.41, 5.74) is 2.55. The molecule has 0 saturated heterocycles. The van der Waals surface area contributed by atoms with Crippen LogP contribution in [0.5, 0.6) is 0 Å². The van der Waals surface area contributed by atoms with E-state index in [1.54, 1.807) is 27.7 Å². The maximum absolute atomic E-state index is 13.6. The van der Waals surface area contributed by atoms with Crippen molar-refractivity contribution in [2.45, 2.75) is 52.1 Å². The predicted molar refractivity (Wildman–Crippen MR) is 117 cm³/mol. The summed E-state index contributed by atoms with van der Waals surface area (Å²) in [6.45, 7) is 9.08. The zero-order chi connectivity index (χ0) is 19.2. The molecule has 27 heavy (non-hydrogen) atoms. The van der Waals surface area contributed by atoms with Crippen LogP contribution >= 0.6 is 23.1 Å². The van der Waals surface area contributed by atoms with Crippen molar-refractivity contribution in [1.29, 1.82) is 0 Å². The lowest BCUT2D eigenvalue weighted by Gasteiger charge is -2.33. The number of fused-ring (bicyclic) bond motifs is 3. The number of thiophene rings is 1. The first-order valence-electron chi connectivity index (χ1n) is 9.65. The molecule has 0 fully saturated rings. The Kier molecular flexibility index (Phi) is 4.93. The van der Waals surface area contributed by atoms with Gasteiger partial charge in [-0.25, -0.2) is 4.98 Å². The third-order valence-corrected chi connectivity index (χ3v) is 7.53. The third kappa shape index (κ3) is 3.36. The van der Waals surface area contributed by atoms with Gasteiger partial charge in [-0.2, -0.15) is 0 Å². The van der Waals surface area contributed by atoms with Crippen molar-refractivity contribution in [3.8, 4) is 5.69 Å². The van der Waals surface area contributed by atoms with Gasteiger partial charge in [0.05, 0.1) is 11.1 Å². The highest BCUT2D eigenvalue weighted by Gasteiger charge is 2.32. The van der Waals surface area contributed by atoms with Gasteiger partial charge in [0.25, 0.3) is 5.56 Å². The van der Waals surface area contributed by atoms with Crippen molar-refractivity contribution >= 4 is 33.3 Å². The quantitative estimate of drug-likeness (QED) is 0.419. The number of benzene rings is 1. The molecule has 3 nitrogen and oxygen atoms in total. The predicted octanol–water partition coefficient (Wildman–Crippen LogP) is 5.71. The molecule has 5 heteroatoms. The summed E-state index contributed by atoms with van der Waals surface area (Å²) < 4.78 is 1.80. The number of nitrogens with zero attached hydrogens (tertiary/aromatic N) is 2. The molecule has 0 aliphatic heterocycles. The first-order valence-corrected chi connectivity index (χ1v) is 11.5. The maximum atomic E-state index is 13.6. The fourth-order valence-corrected chi connectivity index (χ4v) is 6.06. The van der Waals surface area contributed by atoms with Gasteiger partial charge in [-0.1, -0.05) is 57.7 Å². The lowest BCUT2D eigenvalue weighted by atomic mass is 9.72. The van der Waals surface area contributed by atoms with Gasteiger partial charge in [-0.05, 0) is 54.0 Å². The lowest BCUT2D eigenvalue weighted by Crippen LogP contribution is -2.27. The summed E-state index contributed by atoms with van der Waals surface area (Å²) >= 11 is 3.37. The van der Waals surface area contributed by atoms with E-state index >= 15 is 0 Å². The van der Waals surface area contributed by atoms with Crippen molar-refractivity contribution in [1.82, 2.24) is 9.55 Å². The lowest BCUT2D eigenvalue weighted by molar-refractivity contribution is 0.218. The van der Waals surface area contributed by atoms with Crippen LogP contribution in [-0.2, 0) is 12.8 Å². The molecule has 2 aromatic heterocycles. The largest absolute Gasteiger partial charge is 0.268 e. The normalized spacial score (nSPS) is 17.3. The van der Waals surface area contributed by atoms with Crippen LogP contribution < -0.4 is 5.56 Å². The van der Waals surface area contributed by atoms with E-state index in [9.17, 15) is 4.79 Å². The van der Waals surface area contributed by atoms with Gasteiger partial charge in [0.2, 0.25) is 0 Å². The standard InChI is InChI=1S/C22H26N2OS2/c1-5-26-21-23-19-18(20(25)24(21)15-9-7-6-8-10-15)16-12-11-14(22(2,3)4)13-17(16)27-19/h6-10,14H,5,11-13H2,1-4H3/t14-/m1/s1. The molecule has 0 bridgehead atoms. The van der Waals surface area contributed by atoms with Crippen LogP contribution in [-0.4, -0.2) is 15.3 Å². The highest BCUT2D eigenvalue weighted by Crippen LogP contribution is 2.42. The van der Waals surface area contributed by atoms with Crippen molar-refractivity contribution in [2.75, 3.05) is 5.75 Å². The first kappa shape index (κ1) is 18.8. The number of hydrogen-bond donors (Lipinski definition) is 0. The number of aromatic nitrogens is 2. The number of para-hydroxylation sites is 1. The molecule has 0 radical (unpaired) electrons.